The number of alkyl halides is 2. The highest BCUT2D eigenvalue weighted by Crippen LogP contribution is 2.40. The molecule has 2 aliphatic rings. The van der Waals surface area contributed by atoms with Crippen molar-refractivity contribution in [2.75, 3.05) is 50.1 Å². The van der Waals surface area contributed by atoms with E-state index in [9.17, 15) is 13.6 Å². The first-order valence-corrected chi connectivity index (χ1v) is 13.8. The lowest BCUT2D eigenvalue weighted by Gasteiger charge is -2.39. The second-order valence-electron chi connectivity index (χ2n) is 9.40. The van der Waals surface area contributed by atoms with Crippen LogP contribution >= 0.6 is 34.3 Å². The number of aryl methyl sites for hydroxylation is 1. The van der Waals surface area contributed by atoms with E-state index in [4.69, 9.17) is 21.3 Å². The normalized spacial score (nSPS) is 18.4. The zero-order valence-corrected chi connectivity index (χ0v) is 23.1. The van der Waals surface area contributed by atoms with E-state index in [2.05, 4.69) is 15.1 Å². The number of hydrogen-bond acceptors (Lipinski definition) is 10. The second kappa shape index (κ2) is 9.27. The Morgan fingerprint density at radius 3 is 2.74 bits per heavy atom. The van der Waals surface area contributed by atoms with Gasteiger partial charge in [-0.25, -0.2) is 28.2 Å². The molecule has 2 aliphatic heterocycles. The number of carbonyl (C=O) groups excluding carboxylic acids is 1. The molecule has 0 spiro atoms. The second-order valence-corrected chi connectivity index (χ2v) is 12.0. The Balaban J connectivity index is 1.25. The van der Waals surface area contributed by atoms with Crippen LogP contribution in [0.5, 0.6) is 5.75 Å². The minimum atomic E-state index is -2.72. The van der Waals surface area contributed by atoms with Crippen molar-refractivity contribution in [3.05, 3.63) is 44.8 Å². The van der Waals surface area contributed by atoms with Gasteiger partial charge in [-0.05, 0) is 19.1 Å². The van der Waals surface area contributed by atoms with E-state index in [1.807, 2.05) is 30.4 Å². The van der Waals surface area contributed by atoms with Crippen molar-refractivity contribution in [3.63, 3.8) is 0 Å². The summed E-state index contributed by atoms with van der Waals surface area (Å²) < 4.78 is 34.0. The van der Waals surface area contributed by atoms with Crippen LogP contribution < -0.4 is 14.5 Å². The van der Waals surface area contributed by atoms with Crippen LogP contribution in [0, 0.1) is 6.92 Å². The van der Waals surface area contributed by atoms with Gasteiger partial charge in [0, 0.05) is 33.3 Å². The van der Waals surface area contributed by atoms with Crippen LogP contribution in [0.15, 0.2) is 18.3 Å². The molecule has 1 atom stereocenters. The molecule has 38 heavy (non-hydrogen) atoms. The van der Waals surface area contributed by atoms with Gasteiger partial charge >= 0.3 is 0 Å². The fourth-order valence-corrected chi connectivity index (χ4v) is 6.55. The highest BCUT2D eigenvalue weighted by molar-refractivity contribution is 7.16. The van der Waals surface area contributed by atoms with Crippen LogP contribution in [0.2, 0.25) is 5.15 Å². The maximum Gasteiger partial charge on any atom is 0.282 e. The molecular formula is C23H23ClF2N8O2S2. The lowest BCUT2D eigenvalue weighted by atomic mass is 10.0. The number of thiazole rings is 1. The molecule has 0 saturated carbocycles. The van der Waals surface area contributed by atoms with Crippen LogP contribution in [-0.2, 0) is 11.2 Å². The van der Waals surface area contributed by atoms with Gasteiger partial charge in [0.25, 0.3) is 11.8 Å². The van der Waals surface area contributed by atoms with Gasteiger partial charge < -0.3 is 19.4 Å². The predicted octanol–water partition coefficient (Wildman–Crippen LogP) is 3.68. The molecule has 1 fully saturated rings. The maximum absolute atomic E-state index is 13.6. The summed E-state index contributed by atoms with van der Waals surface area (Å²) in [6, 6.07) is 2.68. The molecule has 1 saturated heterocycles. The molecule has 0 radical (unpaired) electrons. The molecule has 0 aliphatic carbocycles. The number of fused-ring (bicyclic) bond motifs is 3. The highest BCUT2D eigenvalue weighted by atomic mass is 35.5. The summed E-state index contributed by atoms with van der Waals surface area (Å²) in [7, 11) is 3.84. The topological polar surface area (TPSA) is 92.0 Å². The number of rotatable bonds is 6. The summed E-state index contributed by atoms with van der Waals surface area (Å²) in [5, 5.41) is 6.36. The van der Waals surface area contributed by atoms with Crippen molar-refractivity contribution in [1.82, 2.24) is 29.5 Å². The number of nitrogens with zero attached hydrogens (tertiary/aromatic N) is 8. The Bertz CT molecular complexity index is 1530. The third-order valence-electron chi connectivity index (χ3n) is 6.38. The molecule has 4 aromatic rings. The Labute approximate surface area is 229 Å². The zero-order chi connectivity index (χ0) is 26.8. The van der Waals surface area contributed by atoms with Gasteiger partial charge in [0.05, 0.1) is 29.4 Å². The molecule has 0 aromatic carbocycles. The van der Waals surface area contributed by atoms with Gasteiger partial charge in [0.2, 0.25) is 4.96 Å². The third kappa shape index (κ3) is 4.43. The first kappa shape index (κ1) is 25.2. The summed E-state index contributed by atoms with van der Waals surface area (Å²) >= 11 is 9.28. The Kier molecular flexibility index (Phi) is 6.15. The molecule has 4 aromatic heterocycles. The summed E-state index contributed by atoms with van der Waals surface area (Å²) in [4.78, 5) is 33.8. The molecule has 6 rings (SSSR count). The molecule has 6 heterocycles. The molecule has 0 bridgehead atoms. The van der Waals surface area contributed by atoms with E-state index >= 15 is 0 Å². The minimum Gasteiger partial charge on any atom is -0.481 e. The lowest BCUT2D eigenvalue weighted by molar-refractivity contribution is -0.135. The molecule has 10 nitrogen and oxygen atoms in total. The maximum atomic E-state index is 13.6. The minimum absolute atomic E-state index is 0.0107. The summed E-state index contributed by atoms with van der Waals surface area (Å²) in [6.45, 7) is 1.30. The SMILES string of the molecule is Cc1nn2c3c(nc2s1)CCN(C(=O)COc1ccc(N2CC(F)(F)C2)nc1Cl)C3c1cnc(N(C)C)s1. The number of anilines is 2. The van der Waals surface area contributed by atoms with E-state index in [-0.39, 0.29) is 23.4 Å². The summed E-state index contributed by atoms with van der Waals surface area (Å²) in [5.74, 6) is -2.41. The first-order valence-electron chi connectivity index (χ1n) is 11.8. The molecule has 200 valence electrons. The number of ether oxygens (including phenoxy) is 1. The number of halogens is 3. The fourth-order valence-electron chi connectivity index (χ4n) is 4.62. The summed E-state index contributed by atoms with van der Waals surface area (Å²) in [5.41, 5.74) is 1.77. The van der Waals surface area contributed by atoms with Crippen molar-refractivity contribution < 1.29 is 18.3 Å². The van der Waals surface area contributed by atoms with Crippen molar-refractivity contribution in [2.24, 2.45) is 0 Å². The van der Waals surface area contributed by atoms with Crippen LogP contribution in [-0.4, -0.2) is 81.6 Å². The van der Waals surface area contributed by atoms with E-state index < -0.39 is 25.1 Å². The Hall–Kier alpha value is -3.10. The lowest BCUT2D eigenvalue weighted by Crippen LogP contribution is -2.56. The van der Waals surface area contributed by atoms with Crippen LogP contribution in [0.25, 0.3) is 4.96 Å². The van der Waals surface area contributed by atoms with Gasteiger partial charge in [-0.3, -0.25) is 4.79 Å². The van der Waals surface area contributed by atoms with E-state index in [0.717, 1.165) is 31.4 Å². The Morgan fingerprint density at radius 2 is 2.05 bits per heavy atom. The number of aromatic nitrogens is 5. The molecule has 1 amide bonds. The number of pyridine rings is 1. The van der Waals surface area contributed by atoms with Crippen molar-refractivity contribution >= 4 is 56.1 Å². The van der Waals surface area contributed by atoms with Gasteiger partial charge in [-0.1, -0.05) is 34.3 Å². The van der Waals surface area contributed by atoms with Gasteiger partial charge in [0.1, 0.15) is 16.9 Å². The fraction of sp³-hybridized carbons (Fsp3) is 0.435. The van der Waals surface area contributed by atoms with E-state index in [1.165, 1.54) is 27.6 Å². The highest BCUT2D eigenvalue weighted by Gasteiger charge is 2.44. The predicted molar refractivity (Wildman–Crippen MR) is 141 cm³/mol. The number of carbonyl (C=O) groups is 1. The number of amides is 1. The standard InChI is InChI=1S/C23H23ClF2N8O2S2/c1-12-30-34-18-13(28-22(34)37-12)6-7-33(19(18)15-8-27-21(38-15)31(2)3)17(35)9-36-14-4-5-16(29-20(14)24)32-10-23(25,26)11-32/h4-5,8,19H,6-7,9-11H2,1-3H3. The average molecular weight is 581 g/mol. The van der Waals surface area contributed by atoms with E-state index in [1.54, 1.807) is 23.2 Å². The number of imidazole rings is 1. The number of hydrogen-bond donors (Lipinski definition) is 0. The van der Waals surface area contributed by atoms with Crippen LogP contribution in [0.3, 0.4) is 0 Å². The first-order chi connectivity index (χ1) is 18.1. The van der Waals surface area contributed by atoms with Crippen LogP contribution in [0.4, 0.5) is 19.7 Å². The van der Waals surface area contributed by atoms with Gasteiger partial charge in [-0.15, -0.1) is 0 Å². The van der Waals surface area contributed by atoms with E-state index in [0.29, 0.717) is 18.8 Å². The zero-order valence-electron chi connectivity index (χ0n) is 20.7. The molecular weight excluding hydrogens is 558 g/mol. The average Bonchev–Trinajstić information content (AvgIpc) is 3.55. The summed E-state index contributed by atoms with van der Waals surface area (Å²) in [6.07, 6.45) is 2.38. The molecule has 0 N–H and O–H groups in total. The van der Waals surface area contributed by atoms with Crippen molar-refractivity contribution in [3.8, 4) is 5.75 Å². The third-order valence-corrected chi connectivity index (χ3v) is 8.69. The Morgan fingerprint density at radius 1 is 1.26 bits per heavy atom. The molecule has 1 unspecified atom stereocenters. The monoisotopic (exact) mass is 580 g/mol. The smallest absolute Gasteiger partial charge is 0.282 e. The molecule has 15 heteroatoms. The van der Waals surface area contributed by atoms with Gasteiger partial charge in [0.15, 0.2) is 22.6 Å². The van der Waals surface area contributed by atoms with Gasteiger partial charge in [-0.2, -0.15) is 5.10 Å². The van der Waals surface area contributed by atoms with Crippen molar-refractivity contribution in [2.45, 2.75) is 25.3 Å². The van der Waals surface area contributed by atoms with Crippen LogP contribution in [0.1, 0.15) is 27.3 Å². The largest absolute Gasteiger partial charge is 0.481 e. The van der Waals surface area contributed by atoms with Crippen molar-refractivity contribution in [1.29, 1.82) is 0 Å². The quantitative estimate of drug-likeness (QED) is 0.319.